The molecular weight excluding hydrogens is 324 g/mol. The molecule has 24 heavy (non-hydrogen) atoms. The molecule has 2 aromatic rings. The summed E-state index contributed by atoms with van der Waals surface area (Å²) >= 11 is 6.05. The number of hydrogen-bond donors (Lipinski definition) is 1. The van der Waals surface area contributed by atoms with Gasteiger partial charge in [-0.15, -0.1) is 0 Å². The second-order valence-electron chi connectivity index (χ2n) is 5.88. The van der Waals surface area contributed by atoms with Gasteiger partial charge in [0.2, 0.25) is 5.91 Å². The summed E-state index contributed by atoms with van der Waals surface area (Å²) in [5, 5.41) is 3.70. The smallest absolute Gasteiger partial charge is 0.234 e. The van der Waals surface area contributed by atoms with Crippen LogP contribution in [0.4, 0.5) is 5.69 Å². The minimum absolute atomic E-state index is 0.0510. The second-order valence-corrected chi connectivity index (χ2v) is 6.32. The fourth-order valence-corrected chi connectivity index (χ4v) is 2.98. The molecule has 1 saturated heterocycles. The Hall–Kier alpha value is -2.11. The number of hydrogen-bond acceptors (Lipinski definition) is 4. The highest BCUT2D eigenvalue weighted by Crippen LogP contribution is 2.20. The van der Waals surface area contributed by atoms with Gasteiger partial charge in [-0.1, -0.05) is 23.7 Å². The summed E-state index contributed by atoms with van der Waals surface area (Å²) in [6.45, 7) is 4.49. The van der Waals surface area contributed by atoms with Crippen molar-refractivity contribution in [1.29, 1.82) is 0 Å². The molecule has 1 amide bonds. The quantitative estimate of drug-likeness (QED) is 0.903. The molecule has 3 rings (SSSR count). The number of amides is 1. The van der Waals surface area contributed by atoms with E-state index in [0.29, 0.717) is 13.1 Å². The van der Waals surface area contributed by atoms with Crippen LogP contribution >= 0.6 is 11.6 Å². The summed E-state index contributed by atoms with van der Waals surface area (Å²) in [5.74, 6) is 0.0510. The molecule has 5 nitrogen and oxygen atoms in total. The van der Waals surface area contributed by atoms with Crippen LogP contribution in [0.15, 0.2) is 48.8 Å². The molecule has 2 heterocycles. The summed E-state index contributed by atoms with van der Waals surface area (Å²) in [6.07, 6.45) is 3.49. The Kier molecular flexibility index (Phi) is 5.67. The van der Waals surface area contributed by atoms with Crippen molar-refractivity contribution < 1.29 is 4.79 Å². The van der Waals surface area contributed by atoms with Crippen molar-refractivity contribution in [2.45, 2.75) is 6.54 Å². The Bertz CT molecular complexity index is 672. The molecule has 6 heteroatoms. The third kappa shape index (κ3) is 4.69. The van der Waals surface area contributed by atoms with E-state index < -0.39 is 0 Å². The Balaban J connectivity index is 1.42. The molecular formula is C18H21ClN4O. The zero-order valence-electron chi connectivity index (χ0n) is 13.5. The van der Waals surface area contributed by atoms with E-state index in [1.54, 1.807) is 12.4 Å². The highest BCUT2D eigenvalue weighted by Gasteiger charge is 2.19. The third-order valence-electron chi connectivity index (χ3n) is 4.13. The maximum absolute atomic E-state index is 12.1. The molecule has 0 bridgehead atoms. The van der Waals surface area contributed by atoms with Crippen LogP contribution in [0.25, 0.3) is 0 Å². The zero-order chi connectivity index (χ0) is 16.8. The van der Waals surface area contributed by atoms with Crippen molar-refractivity contribution in [2.24, 2.45) is 0 Å². The van der Waals surface area contributed by atoms with E-state index in [0.717, 1.165) is 42.5 Å². The van der Waals surface area contributed by atoms with Crippen molar-refractivity contribution in [3.05, 3.63) is 59.4 Å². The van der Waals surface area contributed by atoms with Gasteiger partial charge in [-0.05, 0) is 29.8 Å². The van der Waals surface area contributed by atoms with Crippen molar-refractivity contribution in [1.82, 2.24) is 15.2 Å². The number of nitrogens with zero attached hydrogens (tertiary/aromatic N) is 3. The van der Waals surface area contributed by atoms with Crippen LogP contribution in [0.2, 0.25) is 5.02 Å². The van der Waals surface area contributed by atoms with Gasteiger partial charge in [-0.2, -0.15) is 0 Å². The molecule has 0 aliphatic carbocycles. The first-order chi connectivity index (χ1) is 11.7. The van der Waals surface area contributed by atoms with E-state index in [9.17, 15) is 4.79 Å². The van der Waals surface area contributed by atoms with Crippen molar-refractivity contribution >= 4 is 23.2 Å². The Labute approximate surface area is 147 Å². The maximum atomic E-state index is 12.1. The van der Waals surface area contributed by atoms with Crippen molar-refractivity contribution in [3.63, 3.8) is 0 Å². The van der Waals surface area contributed by atoms with Gasteiger partial charge >= 0.3 is 0 Å². The van der Waals surface area contributed by atoms with E-state index in [2.05, 4.69) is 26.2 Å². The molecule has 0 radical (unpaired) electrons. The lowest BCUT2D eigenvalue weighted by atomic mass is 10.2. The van der Waals surface area contributed by atoms with Crippen molar-refractivity contribution in [2.75, 3.05) is 37.6 Å². The molecule has 0 unspecified atom stereocenters. The van der Waals surface area contributed by atoms with Gasteiger partial charge in [0.1, 0.15) is 0 Å². The lowest BCUT2D eigenvalue weighted by molar-refractivity contribution is -0.122. The van der Waals surface area contributed by atoms with Gasteiger partial charge in [-0.25, -0.2) is 0 Å². The van der Waals surface area contributed by atoms with Gasteiger partial charge in [0.15, 0.2) is 0 Å². The first-order valence-corrected chi connectivity index (χ1v) is 8.47. The summed E-state index contributed by atoms with van der Waals surface area (Å²) in [4.78, 5) is 20.6. The Morgan fingerprint density at radius 1 is 1.17 bits per heavy atom. The minimum Gasteiger partial charge on any atom is -0.369 e. The highest BCUT2D eigenvalue weighted by molar-refractivity contribution is 6.30. The summed E-state index contributed by atoms with van der Waals surface area (Å²) in [6, 6.07) is 11.7. The van der Waals surface area contributed by atoms with Gasteiger partial charge in [-0.3, -0.25) is 14.7 Å². The number of benzene rings is 1. The molecule has 1 aliphatic heterocycles. The number of anilines is 1. The maximum Gasteiger partial charge on any atom is 0.234 e. The molecule has 1 aromatic heterocycles. The topological polar surface area (TPSA) is 48.5 Å². The number of rotatable bonds is 5. The Morgan fingerprint density at radius 2 is 2.00 bits per heavy atom. The summed E-state index contributed by atoms with van der Waals surface area (Å²) in [7, 11) is 0. The highest BCUT2D eigenvalue weighted by atomic mass is 35.5. The number of carbonyl (C=O) groups excluding carboxylic acids is 1. The standard InChI is InChI=1S/C18H21ClN4O/c19-16-4-1-5-17(11-16)23-9-7-22(8-10-23)14-18(24)21-13-15-3-2-6-20-12-15/h1-6,11-12H,7-10,13-14H2,(H,21,24). The van der Waals surface area contributed by atoms with Crippen LogP contribution < -0.4 is 10.2 Å². The van der Waals surface area contributed by atoms with Gasteiger partial charge in [0.25, 0.3) is 0 Å². The number of piperazine rings is 1. The molecule has 0 saturated carbocycles. The van der Waals surface area contributed by atoms with Crippen LogP contribution in [-0.2, 0) is 11.3 Å². The van der Waals surface area contributed by atoms with E-state index in [-0.39, 0.29) is 5.91 Å². The van der Waals surface area contributed by atoms with E-state index >= 15 is 0 Å². The molecule has 0 spiro atoms. The largest absolute Gasteiger partial charge is 0.369 e. The molecule has 0 atom stereocenters. The van der Waals surface area contributed by atoms with Crippen LogP contribution in [0.5, 0.6) is 0 Å². The average Bonchev–Trinajstić information content (AvgIpc) is 2.61. The van der Waals surface area contributed by atoms with Crippen molar-refractivity contribution in [3.8, 4) is 0 Å². The van der Waals surface area contributed by atoms with Gasteiger partial charge < -0.3 is 10.2 Å². The van der Waals surface area contributed by atoms with E-state index in [1.165, 1.54) is 0 Å². The number of pyridine rings is 1. The van der Waals surface area contributed by atoms with Crippen LogP contribution in [0.1, 0.15) is 5.56 Å². The van der Waals surface area contributed by atoms with E-state index in [1.807, 2.05) is 30.3 Å². The van der Waals surface area contributed by atoms with Gasteiger partial charge in [0.05, 0.1) is 6.54 Å². The monoisotopic (exact) mass is 344 g/mol. The fourth-order valence-electron chi connectivity index (χ4n) is 2.80. The van der Waals surface area contributed by atoms with Crippen LogP contribution in [0, 0.1) is 0 Å². The third-order valence-corrected chi connectivity index (χ3v) is 4.36. The summed E-state index contributed by atoms with van der Waals surface area (Å²) in [5.41, 5.74) is 2.15. The summed E-state index contributed by atoms with van der Waals surface area (Å²) < 4.78 is 0. The lowest BCUT2D eigenvalue weighted by Gasteiger charge is -2.35. The molecule has 1 N–H and O–H groups in total. The fraction of sp³-hybridized carbons (Fsp3) is 0.333. The number of aromatic nitrogens is 1. The normalized spacial score (nSPS) is 15.3. The average molecular weight is 345 g/mol. The predicted molar refractivity (Wildman–Crippen MR) is 96.2 cm³/mol. The number of carbonyl (C=O) groups is 1. The van der Waals surface area contributed by atoms with Crippen LogP contribution in [0.3, 0.4) is 0 Å². The first kappa shape index (κ1) is 16.7. The molecule has 1 fully saturated rings. The molecule has 126 valence electrons. The van der Waals surface area contributed by atoms with E-state index in [4.69, 9.17) is 11.6 Å². The zero-order valence-corrected chi connectivity index (χ0v) is 14.2. The lowest BCUT2D eigenvalue weighted by Crippen LogP contribution is -2.49. The SMILES string of the molecule is O=C(CN1CCN(c2cccc(Cl)c2)CC1)NCc1cccnc1. The molecule has 1 aliphatic rings. The number of nitrogens with one attached hydrogen (secondary N) is 1. The number of halogens is 1. The predicted octanol–water partition coefficient (Wildman–Crippen LogP) is 2.17. The minimum atomic E-state index is 0.0510. The first-order valence-electron chi connectivity index (χ1n) is 8.09. The van der Waals surface area contributed by atoms with Gasteiger partial charge in [0, 0.05) is 55.8 Å². The molecule has 1 aromatic carbocycles. The second kappa shape index (κ2) is 8.13. The van der Waals surface area contributed by atoms with Crippen LogP contribution in [-0.4, -0.2) is 48.5 Å². The Morgan fingerprint density at radius 3 is 2.71 bits per heavy atom.